The van der Waals surface area contributed by atoms with E-state index in [1.165, 1.54) is 0 Å². The summed E-state index contributed by atoms with van der Waals surface area (Å²) in [7, 11) is 0. The van der Waals surface area contributed by atoms with E-state index in [-0.39, 0.29) is 5.75 Å². The van der Waals surface area contributed by atoms with Gasteiger partial charge in [0, 0.05) is 11.5 Å². The lowest BCUT2D eigenvalue weighted by molar-refractivity contribution is 0.459. The van der Waals surface area contributed by atoms with Crippen LogP contribution in [0, 0.1) is 0 Å². The molecule has 0 spiro atoms. The maximum absolute atomic E-state index is 9.71. The number of phenols is 1. The van der Waals surface area contributed by atoms with Crippen LogP contribution in [0.15, 0.2) is 66.7 Å². The Balaban J connectivity index is 2.11. The zero-order valence-electron chi connectivity index (χ0n) is 9.71. The van der Waals surface area contributed by atoms with Gasteiger partial charge < -0.3 is 9.84 Å². The molecule has 0 unspecified atom stereocenters. The molecule has 3 aromatic carbocycles. The van der Waals surface area contributed by atoms with Crippen molar-refractivity contribution in [2.24, 2.45) is 0 Å². The van der Waals surface area contributed by atoms with Gasteiger partial charge in [0.1, 0.15) is 17.2 Å². The number of phenolic OH excluding ortho intramolecular Hbond substituents is 1. The van der Waals surface area contributed by atoms with Gasteiger partial charge in [-0.25, -0.2) is 0 Å². The molecule has 0 aliphatic heterocycles. The molecule has 2 nitrogen and oxygen atoms in total. The molecule has 3 rings (SSSR count). The first kappa shape index (κ1) is 10.7. The quantitative estimate of drug-likeness (QED) is 0.717. The zero-order valence-corrected chi connectivity index (χ0v) is 9.71. The molecule has 0 fully saturated rings. The summed E-state index contributed by atoms with van der Waals surface area (Å²) < 4.78 is 5.81. The average molecular weight is 236 g/mol. The molecule has 0 amide bonds. The molecule has 1 N–H and O–H groups in total. The molecule has 0 bridgehead atoms. The van der Waals surface area contributed by atoms with Gasteiger partial charge in [0.25, 0.3) is 0 Å². The Bertz CT molecular complexity index is 675. The highest BCUT2D eigenvalue weighted by Gasteiger charge is 2.05. The molecule has 0 radical (unpaired) electrons. The number of hydrogen-bond donors (Lipinski definition) is 1. The minimum absolute atomic E-state index is 0.208. The van der Waals surface area contributed by atoms with Crippen molar-refractivity contribution in [1.82, 2.24) is 0 Å². The van der Waals surface area contributed by atoms with Gasteiger partial charge in [-0.15, -0.1) is 0 Å². The largest absolute Gasteiger partial charge is 0.508 e. The van der Waals surface area contributed by atoms with Crippen LogP contribution in [0.5, 0.6) is 17.2 Å². The standard InChI is InChI=1S/C16H12O2/c17-13-10-12-6-4-5-9-15(12)16(11-13)18-14-7-2-1-3-8-14/h1-11,17H. The van der Waals surface area contributed by atoms with Crippen molar-refractivity contribution in [3.63, 3.8) is 0 Å². The first-order valence-electron chi connectivity index (χ1n) is 5.77. The van der Waals surface area contributed by atoms with Crippen molar-refractivity contribution in [3.05, 3.63) is 66.7 Å². The first-order valence-corrected chi connectivity index (χ1v) is 5.77. The fraction of sp³-hybridized carbons (Fsp3) is 0. The Kier molecular flexibility index (Phi) is 2.61. The van der Waals surface area contributed by atoms with E-state index in [4.69, 9.17) is 4.74 Å². The van der Waals surface area contributed by atoms with Crippen LogP contribution in [-0.2, 0) is 0 Å². The molecular formula is C16H12O2. The summed E-state index contributed by atoms with van der Waals surface area (Å²) in [5.74, 6) is 1.63. The van der Waals surface area contributed by atoms with Crippen LogP contribution in [0.2, 0.25) is 0 Å². The molecule has 0 aliphatic carbocycles. The highest BCUT2D eigenvalue weighted by atomic mass is 16.5. The molecule has 2 heteroatoms. The maximum atomic E-state index is 9.71. The zero-order chi connectivity index (χ0) is 12.4. The SMILES string of the molecule is Oc1cc(Oc2ccccc2)c2ccccc2c1. The Morgan fingerprint density at radius 2 is 1.50 bits per heavy atom. The number of benzene rings is 3. The summed E-state index contributed by atoms with van der Waals surface area (Å²) in [6, 6.07) is 20.7. The lowest BCUT2D eigenvalue weighted by atomic mass is 10.1. The molecular weight excluding hydrogens is 224 g/mol. The van der Waals surface area contributed by atoms with Crippen molar-refractivity contribution in [2.75, 3.05) is 0 Å². The lowest BCUT2D eigenvalue weighted by Crippen LogP contribution is -1.85. The Hall–Kier alpha value is -2.48. The van der Waals surface area contributed by atoms with Gasteiger partial charge in [-0.1, -0.05) is 42.5 Å². The molecule has 3 aromatic rings. The van der Waals surface area contributed by atoms with Gasteiger partial charge in [-0.2, -0.15) is 0 Å². The van der Waals surface area contributed by atoms with E-state index in [2.05, 4.69) is 0 Å². The Morgan fingerprint density at radius 3 is 2.33 bits per heavy atom. The molecule has 88 valence electrons. The number of rotatable bonds is 2. The minimum Gasteiger partial charge on any atom is -0.508 e. The van der Waals surface area contributed by atoms with E-state index in [9.17, 15) is 5.11 Å². The fourth-order valence-corrected chi connectivity index (χ4v) is 1.96. The van der Waals surface area contributed by atoms with Crippen LogP contribution < -0.4 is 4.74 Å². The second-order valence-corrected chi connectivity index (χ2v) is 4.08. The van der Waals surface area contributed by atoms with Crippen LogP contribution in [0.4, 0.5) is 0 Å². The predicted molar refractivity (Wildman–Crippen MR) is 72.1 cm³/mol. The van der Waals surface area contributed by atoms with E-state index in [1.54, 1.807) is 12.1 Å². The normalized spacial score (nSPS) is 10.4. The molecule has 0 heterocycles. The monoisotopic (exact) mass is 236 g/mol. The van der Waals surface area contributed by atoms with Crippen molar-refractivity contribution in [3.8, 4) is 17.2 Å². The summed E-state index contributed by atoms with van der Waals surface area (Å²) in [4.78, 5) is 0. The van der Waals surface area contributed by atoms with Gasteiger partial charge >= 0.3 is 0 Å². The number of hydrogen-bond acceptors (Lipinski definition) is 2. The first-order chi connectivity index (χ1) is 8.83. The minimum atomic E-state index is 0.208. The summed E-state index contributed by atoms with van der Waals surface area (Å²) in [6.07, 6.45) is 0. The summed E-state index contributed by atoms with van der Waals surface area (Å²) in [5.41, 5.74) is 0. The molecule has 0 saturated carbocycles. The van der Waals surface area contributed by atoms with Gasteiger partial charge in [-0.05, 0) is 23.6 Å². The van der Waals surface area contributed by atoms with Crippen molar-refractivity contribution >= 4 is 10.8 Å². The van der Waals surface area contributed by atoms with Crippen LogP contribution in [0.1, 0.15) is 0 Å². The average Bonchev–Trinajstić information content (AvgIpc) is 2.40. The van der Waals surface area contributed by atoms with Gasteiger partial charge in [0.15, 0.2) is 0 Å². The third-order valence-corrected chi connectivity index (χ3v) is 2.78. The lowest BCUT2D eigenvalue weighted by Gasteiger charge is -2.09. The molecule has 0 aliphatic rings. The highest BCUT2D eigenvalue weighted by molar-refractivity contribution is 5.89. The van der Waals surface area contributed by atoms with Gasteiger partial charge in [-0.3, -0.25) is 0 Å². The molecule has 18 heavy (non-hydrogen) atoms. The van der Waals surface area contributed by atoms with Crippen LogP contribution in [0.3, 0.4) is 0 Å². The second-order valence-electron chi connectivity index (χ2n) is 4.08. The van der Waals surface area contributed by atoms with E-state index < -0.39 is 0 Å². The van der Waals surface area contributed by atoms with E-state index in [1.807, 2.05) is 54.6 Å². The van der Waals surface area contributed by atoms with E-state index in [0.29, 0.717) is 5.75 Å². The van der Waals surface area contributed by atoms with Crippen LogP contribution in [0.25, 0.3) is 10.8 Å². The van der Waals surface area contributed by atoms with E-state index in [0.717, 1.165) is 16.5 Å². The summed E-state index contributed by atoms with van der Waals surface area (Å²) in [6.45, 7) is 0. The predicted octanol–water partition coefficient (Wildman–Crippen LogP) is 4.34. The second kappa shape index (κ2) is 4.41. The summed E-state index contributed by atoms with van der Waals surface area (Å²) in [5, 5.41) is 11.7. The number of para-hydroxylation sites is 1. The third kappa shape index (κ3) is 2.00. The molecule has 0 atom stereocenters. The van der Waals surface area contributed by atoms with Gasteiger partial charge in [0.05, 0.1) is 0 Å². The fourth-order valence-electron chi connectivity index (χ4n) is 1.96. The smallest absolute Gasteiger partial charge is 0.138 e. The van der Waals surface area contributed by atoms with Gasteiger partial charge in [0.2, 0.25) is 0 Å². The topological polar surface area (TPSA) is 29.5 Å². The third-order valence-electron chi connectivity index (χ3n) is 2.78. The Labute approximate surface area is 105 Å². The van der Waals surface area contributed by atoms with E-state index >= 15 is 0 Å². The molecule has 0 saturated heterocycles. The van der Waals surface area contributed by atoms with Crippen molar-refractivity contribution < 1.29 is 9.84 Å². The maximum Gasteiger partial charge on any atom is 0.138 e. The number of aromatic hydroxyl groups is 1. The number of fused-ring (bicyclic) bond motifs is 1. The van der Waals surface area contributed by atoms with Crippen molar-refractivity contribution in [1.29, 1.82) is 0 Å². The molecule has 0 aromatic heterocycles. The highest BCUT2D eigenvalue weighted by Crippen LogP contribution is 2.33. The Morgan fingerprint density at radius 1 is 0.778 bits per heavy atom. The number of ether oxygens (including phenoxy) is 1. The van der Waals surface area contributed by atoms with Crippen LogP contribution in [-0.4, -0.2) is 5.11 Å². The van der Waals surface area contributed by atoms with Crippen LogP contribution >= 0.6 is 0 Å². The summed E-state index contributed by atoms with van der Waals surface area (Å²) >= 11 is 0. The van der Waals surface area contributed by atoms with Crippen molar-refractivity contribution in [2.45, 2.75) is 0 Å².